The Morgan fingerprint density at radius 2 is 1.64 bits per heavy atom. The molecule has 1 aliphatic rings. The summed E-state index contributed by atoms with van der Waals surface area (Å²) in [4.78, 5) is 39.8. The number of carbonyl (C=O) groups excluding carboxylic acids is 3. The van der Waals surface area contributed by atoms with Crippen molar-refractivity contribution in [2.75, 3.05) is 7.11 Å². The largest absolute Gasteiger partial charge is 0.468 e. The summed E-state index contributed by atoms with van der Waals surface area (Å²) in [5, 5.41) is 0. The van der Waals surface area contributed by atoms with Crippen LogP contribution < -0.4 is 0 Å². The van der Waals surface area contributed by atoms with Gasteiger partial charge in [-0.15, -0.1) is 0 Å². The zero-order valence-electron chi connectivity index (χ0n) is 19.1. The van der Waals surface area contributed by atoms with E-state index < -0.39 is 22.7 Å². The van der Waals surface area contributed by atoms with Crippen molar-refractivity contribution >= 4 is 17.5 Å². The fourth-order valence-corrected chi connectivity index (χ4v) is 4.25. The highest BCUT2D eigenvalue weighted by atomic mass is 16.5. The van der Waals surface area contributed by atoms with Gasteiger partial charge in [-0.3, -0.25) is 14.4 Å². The van der Waals surface area contributed by atoms with Crippen molar-refractivity contribution < 1.29 is 19.1 Å². The normalized spacial score (nSPS) is 26.6. The van der Waals surface area contributed by atoms with E-state index in [1.165, 1.54) is 12.7 Å². The van der Waals surface area contributed by atoms with E-state index in [9.17, 15) is 14.4 Å². The predicted octanol–water partition coefficient (Wildman–Crippen LogP) is 5.31. The molecule has 0 aliphatic heterocycles. The first-order valence-corrected chi connectivity index (χ1v) is 10.2. The zero-order valence-corrected chi connectivity index (χ0v) is 19.1. The molecule has 0 heterocycles. The molecule has 3 unspecified atom stereocenters. The van der Waals surface area contributed by atoms with Gasteiger partial charge in [0, 0.05) is 5.92 Å². The Bertz CT molecular complexity index is 673. The fourth-order valence-electron chi connectivity index (χ4n) is 4.25. The van der Waals surface area contributed by atoms with Crippen LogP contribution in [0.3, 0.4) is 0 Å². The number of ketones is 2. The monoisotopic (exact) mass is 390 g/mol. The number of ether oxygens (including phenoxy) is 1. The first-order chi connectivity index (χ1) is 12.8. The van der Waals surface area contributed by atoms with E-state index in [0.717, 1.165) is 12.0 Å². The summed E-state index contributed by atoms with van der Waals surface area (Å²) in [5.74, 6) is -1.92. The molecule has 0 aromatic heterocycles. The minimum Gasteiger partial charge on any atom is -0.468 e. The minimum atomic E-state index is -1.29. The number of carbonyl (C=O) groups is 3. The van der Waals surface area contributed by atoms with Crippen LogP contribution in [-0.2, 0) is 19.1 Å². The van der Waals surface area contributed by atoms with E-state index in [1.54, 1.807) is 0 Å². The Kier molecular flexibility index (Phi) is 7.99. The Balaban J connectivity index is 3.64. The first kappa shape index (κ1) is 24.3. The molecule has 0 radical (unpaired) electrons. The summed E-state index contributed by atoms with van der Waals surface area (Å²) in [5.41, 5.74) is 0.407. The van der Waals surface area contributed by atoms with Crippen LogP contribution >= 0.6 is 0 Å². The second-order valence-electron chi connectivity index (χ2n) is 9.65. The third-order valence-electron chi connectivity index (χ3n) is 6.22. The van der Waals surface area contributed by atoms with E-state index in [1.807, 2.05) is 61.5 Å². The Morgan fingerprint density at radius 1 is 1.11 bits per heavy atom. The van der Waals surface area contributed by atoms with Crippen LogP contribution in [0.4, 0.5) is 0 Å². The number of esters is 1. The molecule has 0 saturated heterocycles. The van der Waals surface area contributed by atoms with Crippen LogP contribution in [0.25, 0.3) is 0 Å². The van der Waals surface area contributed by atoms with E-state index in [-0.39, 0.29) is 29.8 Å². The van der Waals surface area contributed by atoms with Gasteiger partial charge < -0.3 is 4.74 Å². The first-order valence-electron chi connectivity index (χ1n) is 10.2. The van der Waals surface area contributed by atoms with Gasteiger partial charge >= 0.3 is 5.97 Å². The van der Waals surface area contributed by atoms with E-state index in [4.69, 9.17) is 4.74 Å². The molecule has 0 aromatic carbocycles. The Labute approximate surface area is 170 Å². The number of methoxy groups -OCH3 is 1. The second kappa shape index (κ2) is 9.19. The molecular formula is C24H38O4. The third kappa shape index (κ3) is 4.82. The smallest absolute Gasteiger partial charge is 0.319 e. The molecule has 1 saturated carbocycles. The SMILES string of the molecule is COC(=O)C1(CC=C(C)C)CC(CC=C(C)C)C(C)(C)C(C(=O)C(C)C)C1=O. The van der Waals surface area contributed by atoms with Crippen LogP contribution in [-0.4, -0.2) is 24.6 Å². The van der Waals surface area contributed by atoms with Gasteiger partial charge in [0.1, 0.15) is 11.2 Å². The van der Waals surface area contributed by atoms with E-state index >= 15 is 0 Å². The van der Waals surface area contributed by atoms with Gasteiger partial charge in [-0.1, -0.05) is 51.0 Å². The van der Waals surface area contributed by atoms with E-state index in [2.05, 4.69) is 6.08 Å². The molecule has 0 bridgehead atoms. The van der Waals surface area contributed by atoms with Crippen molar-refractivity contribution in [2.45, 2.75) is 74.7 Å². The molecule has 0 amide bonds. The molecule has 1 fully saturated rings. The van der Waals surface area contributed by atoms with Crippen molar-refractivity contribution in [3.63, 3.8) is 0 Å². The summed E-state index contributed by atoms with van der Waals surface area (Å²) in [6, 6.07) is 0. The number of hydrogen-bond acceptors (Lipinski definition) is 4. The lowest BCUT2D eigenvalue weighted by atomic mass is 9.50. The van der Waals surface area contributed by atoms with Gasteiger partial charge in [-0.05, 0) is 58.3 Å². The lowest BCUT2D eigenvalue weighted by Crippen LogP contribution is -2.58. The Morgan fingerprint density at radius 3 is 2.07 bits per heavy atom. The molecule has 4 heteroatoms. The lowest BCUT2D eigenvalue weighted by Gasteiger charge is -2.50. The maximum atomic E-state index is 13.7. The molecule has 0 N–H and O–H groups in total. The summed E-state index contributed by atoms with van der Waals surface area (Å²) >= 11 is 0. The van der Waals surface area contributed by atoms with Crippen molar-refractivity contribution in [1.29, 1.82) is 0 Å². The standard InChI is InChI=1S/C24H38O4/c1-15(2)10-11-18-14-24(22(27)28-9,13-12-16(3)4)21(26)19(23(18,7)8)20(25)17(5)6/h10,12,17-19H,11,13-14H2,1-9H3. The average molecular weight is 391 g/mol. The molecule has 1 aliphatic carbocycles. The minimum absolute atomic E-state index is 0.0254. The van der Waals surface area contributed by atoms with Crippen LogP contribution in [0.5, 0.6) is 0 Å². The molecule has 1 rings (SSSR count). The van der Waals surface area contributed by atoms with Gasteiger partial charge in [-0.25, -0.2) is 0 Å². The van der Waals surface area contributed by atoms with Crippen molar-refractivity contribution in [2.24, 2.45) is 28.6 Å². The van der Waals surface area contributed by atoms with Crippen LogP contribution in [0, 0.1) is 28.6 Å². The molecule has 0 spiro atoms. The zero-order chi connectivity index (χ0) is 21.9. The molecule has 3 atom stereocenters. The van der Waals surface area contributed by atoms with Crippen molar-refractivity contribution in [3.05, 3.63) is 23.3 Å². The maximum absolute atomic E-state index is 13.7. The lowest BCUT2D eigenvalue weighted by molar-refractivity contribution is -0.171. The second-order valence-corrected chi connectivity index (χ2v) is 9.65. The maximum Gasteiger partial charge on any atom is 0.319 e. The summed E-state index contributed by atoms with van der Waals surface area (Å²) in [7, 11) is 1.32. The average Bonchev–Trinajstić information content (AvgIpc) is 2.58. The number of allylic oxidation sites excluding steroid dienone is 4. The van der Waals surface area contributed by atoms with E-state index in [0.29, 0.717) is 6.42 Å². The highest BCUT2D eigenvalue weighted by molar-refractivity contribution is 6.14. The van der Waals surface area contributed by atoms with Gasteiger partial charge in [-0.2, -0.15) is 0 Å². The fraction of sp³-hybridized carbons (Fsp3) is 0.708. The highest BCUT2D eigenvalue weighted by Gasteiger charge is 2.61. The highest BCUT2D eigenvalue weighted by Crippen LogP contribution is 2.54. The molecule has 28 heavy (non-hydrogen) atoms. The predicted molar refractivity (Wildman–Crippen MR) is 113 cm³/mol. The number of Topliss-reactive ketones (excluding diaryl/α,β-unsaturated/α-hetero) is 2. The van der Waals surface area contributed by atoms with Crippen LogP contribution in [0.2, 0.25) is 0 Å². The molecule has 4 nitrogen and oxygen atoms in total. The molecule has 158 valence electrons. The van der Waals surface area contributed by atoms with Gasteiger partial charge in [0.25, 0.3) is 0 Å². The Hall–Kier alpha value is -1.71. The summed E-state index contributed by atoms with van der Waals surface area (Å²) in [6.45, 7) is 15.6. The summed E-state index contributed by atoms with van der Waals surface area (Å²) < 4.78 is 5.11. The number of rotatable bonds is 7. The van der Waals surface area contributed by atoms with Crippen molar-refractivity contribution in [1.82, 2.24) is 0 Å². The number of hydrogen-bond donors (Lipinski definition) is 0. The summed E-state index contributed by atoms with van der Waals surface area (Å²) in [6.07, 6.45) is 5.48. The van der Waals surface area contributed by atoms with Crippen molar-refractivity contribution in [3.8, 4) is 0 Å². The molecular weight excluding hydrogens is 352 g/mol. The van der Waals surface area contributed by atoms with Gasteiger partial charge in [0.15, 0.2) is 5.78 Å². The molecule has 0 aromatic rings. The van der Waals surface area contributed by atoms with Gasteiger partial charge in [0.05, 0.1) is 13.0 Å². The quantitative estimate of drug-likeness (QED) is 0.335. The van der Waals surface area contributed by atoms with Crippen LogP contribution in [0.15, 0.2) is 23.3 Å². The topological polar surface area (TPSA) is 60.4 Å². The van der Waals surface area contributed by atoms with Gasteiger partial charge in [0.2, 0.25) is 0 Å². The van der Waals surface area contributed by atoms with Crippen LogP contribution in [0.1, 0.15) is 74.7 Å². The third-order valence-corrected chi connectivity index (χ3v) is 6.22.